The number of rotatable bonds is 1. The van der Waals surface area contributed by atoms with Gasteiger partial charge < -0.3 is 5.11 Å². The third kappa shape index (κ3) is 1.49. The van der Waals surface area contributed by atoms with Gasteiger partial charge in [0.05, 0.1) is 0 Å². The number of pyridine rings is 1. The molecule has 0 unspecified atom stereocenters. The largest absolute Gasteiger partial charge is 0.506 e. The van der Waals surface area contributed by atoms with Gasteiger partial charge in [0.15, 0.2) is 11.5 Å². The van der Waals surface area contributed by atoms with E-state index in [9.17, 15) is 5.11 Å². The second-order valence-corrected chi connectivity index (χ2v) is 2.64. The summed E-state index contributed by atoms with van der Waals surface area (Å²) in [6, 6.07) is 3.12. The van der Waals surface area contributed by atoms with Gasteiger partial charge in [0.25, 0.3) is 0 Å². The predicted octanol–water partition coefficient (Wildman–Crippen LogP) is 0.343. The Balaban J connectivity index is 2.50. The van der Waals surface area contributed by atoms with Crippen LogP contribution in [-0.4, -0.2) is 30.5 Å². The average molecular weight is 189 g/mol. The molecule has 0 bridgehead atoms. The fraction of sp³-hybridized carbons (Fsp3) is 0.125. The van der Waals surface area contributed by atoms with Gasteiger partial charge in [-0.3, -0.25) is 0 Å². The van der Waals surface area contributed by atoms with Crippen molar-refractivity contribution >= 4 is 0 Å². The summed E-state index contributed by atoms with van der Waals surface area (Å²) in [7, 11) is 0. The number of aromatic hydroxyl groups is 1. The highest BCUT2D eigenvalue weighted by Gasteiger charge is 2.08. The molecule has 0 spiro atoms. The lowest BCUT2D eigenvalue weighted by Crippen LogP contribution is -1.99. The summed E-state index contributed by atoms with van der Waals surface area (Å²) in [4.78, 5) is 3.92. The highest BCUT2D eigenvalue weighted by atomic mass is 16.3. The first kappa shape index (κ1) is 8.49. The third-order valence-electron chi connectivity index (χ3n) is 1.58. The molecule has 0 aliphatic carbocycles. The van der Waals surface area contributed by atoms with Crippen LogP contribution in [0.5, 0.6) is 5.75 Å². The normalized spacial score (nSPS) is 10.1. The van der Waals surface area contributed by atoms with Crippen molar-refractivity contribution in [3.63, 3.8) is 0 Å². The lowest BCUT2D eigenvalue weighted by Gasteiger charge is -1.98. The SMILES string of the molecule is Cc1nnc(-c2ncccc2O)nn1. The van der Waals surface area contributed by atoms with Gasteiger partial charge in [0.1, 0.15) is 5.75 Å². The minimum absolute atomic E-state index is 0.0138. The van der Waals surface area contributed by atoms with Gasteiger partial charge in [-0.1, -0.05) is 0 Å². The Morgan fingerprint density at radius 1 is 1.14 bits per heavy atom. The Morgan fingerprint density at radius 3 is 2.50 bits per heavy atom. The molecule has 70 valence electrons. The quantitative estimate of drug-likeness (QED) is 0.696. The lowest BCUT2D eigenvalue weighted by atomic mass is 10.3. The van der Waals surface area contributed by atoms with E-state index in [2.05, 4.69) is 25.4 Å². The molecule has 6 heteroatoms. The standard InChI is InChI=1S/C8H7N5O/c1-5-10-12-8(13-11-5)7-6(14)3-2-4-9-7/h2-4,14H,1H3. The summed E-state index contributed by atoms with van der Waals surface area (Å²) in [6.07, 6.45) is 1.54. The molecule has 0 atom stereocenters. The average Bonchev–Trinajstić information content (AvgIpc) is 2.20. The van der Waals surface area contributed by atoms with Gasteiger partial charge in [-0.15, -0.1) is 20.4 Å². The van der Waals surface area contributed by atoms with Crippen molar-refractivity contribution < 1.29 is 5.11 Å². The highest BCUT2D eigenvalue weighted by molar-refractivity contribution is 5.56. The van der Waals surface area contributed by atoms with Crippen molar-refractivity contribution in [1.82, 2.24) is 25.4 Å². The molecule has 0 aliphatic rings. The third-order valence-corrected chi connectivity index (χ3v) is 1.58. The minimum Gasteiger partial charge on any atom is -0.506 e. The monoisotopic (exact) mass is 189 g/mol. The van der Waals surface area contributed by atoms with E-state index in [1.165, 1.54) is 12.3 Å². The Kier molecular flexibility index (Phi) is 2.02. The fourth-order valence-corrected chi connectivity index (χ4v) is 0.943. The van der Waals surface area contributed by atoms with Crippen LogP contribution < -0.4 is 0 Å². The molecule has 0 radical (unpaired) electrons. The van der Waals surface area contributed by atoms with Gasteiger partial charge in [-0.25, -0.2) is 4.98 Å². The number of hydrogen-bond donors (Lipinski definition) is 1. The van der Waals surface area contributed by atoms with E-state index in [4.69, 9.17) is 0 Å². The van der Waals surface area contributed by atoms with Crippen molar-refractivity contribution in [3.8, 4) is 17.3 Å². The van der Waals surface area contributed by atoms with E-state index in [-0.39, 0.29) is 17.3 Å². The highest BCUT2D eigenvalue weighted by Crippen LogP contribution is 2.21. The summed E-state index contributed by atoms with van der Waals surface area (Å²) in [6.45, 7) is 1.68. The van der Waals surface area contributed by atoms with E-state index in [0.717, 1.165) is 0 Å². The van der Waals surface area contributed by atoms with E-state index >= 15 is 0 Å². The molecule has 2 heterocycles. The first-order valence-electron chi connectivity index (χ1n) is 3.96. The van der Waals surface area contributed by atoms with Crippen LogP contribution in [0.15, 0.2) is 18.3 Å². The van der Waals surface area contributed by atoms with Crippen LogP contribution in [0.1, 0.15) is 5.82 Å². The summed E-state index contributed by atoms with van der Waals surface area (Å²) >= 11 is 0. The molecular weight excluding hydrogens is 182 g/mol. The van der Waals surface area contributed by atoms with E-state index in [0.29, 0.717) is 5.82 Å². The van der Waals surface area contributed by atoms with Crippen molar-refractivity contribution in [1.29, 1.82) is 0 Å². The molecule has 0 saturated heterocycles. The van der Waals surface area contributed by atoms with Gasteiger partial charge in [0, 0.05) is 6.20 Å². The van der Waals surface area contributed by atoms with Crippen LogP contribution in [0.3, 0.4) is 0 Å². The molecule has 1 N–H and O–H groups in total. The summed E-state index contributed by atoms with van der Waals surface area (Å²) in [5, 5.41) is 24.4. The molecule has 2 aromatic heterocycles. The zero-order chi connectivity index (χ0) is 9.97. The Morgan fingerprint density at radius 2 is 1.86 bits per heavy atom. The smallest absolute Gasteiger partial charge is 0.225 e. The van der Waals surface area contributed by atoms with Gasteiger partial charge in [-0.2, -0.15) is 0 Å². The second kappa shape index (κ2) is 3.33. The maximum absolute atomic E-state index is 9.44. The van der Waals surface area contributed by atoms with E-state index in [1.54, 1.807) is 13.0 Å². The number of aromatic nitrogens is 5. The first-order chi connectivity index (χ1) is 6.77. The van der Waals surface area contributed by atoms with E-state index < -0.39 is 0 Å². The Hall–Kier alpha value is -2.11. The molecule has 0 fully saturated rings. The molecular formula is C8H7N5O. The lowest BCUT2D eigenvalue weighted by molar-refractivity contribution is 0.474. The molecule has 0 saturated carbocycles. The topological polar surface area (TPSA) is 84.7 Å². The van der Waals surface area contributed by atoms with Gasteiger partial charge >= 0.3 is 0 Å². The van der Waals surface area contributed by atoms with Crippen LogP contribution in [-0.2, 0) is 0 Å². The number of nitrogens with zero attached hydrogens (tertiary/aromatic N) is 5. The van der Waals surface area contributed by atoms with E-state index in [1.807, 2.05) is 0 Å². The van der Waals surface area contributed by atoms with Crippen LogP contribution in [0.2, 0.25) is 0 Å². The molecule has 14 heavy (non-hydrogen) atoms. The molecule has 2 aromatic rings. The molecule has 0 amide bonds. The van der Waals surface area contributed by atoms with Crippen molar-refractivity contribution in [3.05, 3.63) is 24.2 Å². The van der Waals surface area contributed by atoms with Crippen LogP contribution >= 0.6 is 0 Å². The zero-order valence-corrected chi connectivity index (χ0v) is 7.42. The van der Waals surface area contributed by atoms with Gasteiger partial charge in [-0.05, 0) is 19.1 Å². The summed E-state index contributed by atoms with van der Waals surface area (Å²) in [5.41, 5.74) is 0.285. The predicted molar refractivity (Wildman–Crippen MR) is 47.3 cm³/mol. The van der Waals surface area contributed by atoms with Crippen molar-refractivity contribution in [2.24, 2.45) is 0 Å². The Bertz CT molecular complexity index is 442. The maximum atomic E-state index is 9.44. The molecule has 0 aromatic carbocycles. The molecule has 6 nitrogen and oxygen atoms in total. The van der Waals surface area contributed by atoms with Crippen LogP contribution in [0.4, 0.5) is 0 Å². The number of aryl methyl sites for hydroxylation is 1. The Labute approximate surface area is 79.7 Å². The zero-order valence-electron chi connectivity index (χ0n) is 7.42. The minimum atomic E-state index is 0.0138. The second-order valence-electron chi connectivity index (χ2n) is 2.64. The van der Waals surface area contributed by atoms with Crippen LogP contribution in [0, 0.1) is 6.92 Å². The maximum Gasteiger partial charge on any atom is 0.225 e. The van der Waals surface area contributed by atoms with Crippen molar-refractivity contribution in [2.45, 2.75) is 6.92 Å². The summed E-state index contributed by atoms with van der Waals surface area (Å²) in [5.74, 6) is 0.706. The van der Waals surface area contributed by atoms with Gasteiger partial charge in [0.2, 0.25) is 5.82 Å². The van der Waals surface area contributed by atoms with Crippen LogP contribution in [0.25, 0.3) is 11.5 Å². The first-order valence-corrected chi connectivity index (χ1v) is 3.96. The van der Waals surface area contributed by atoms with Crippen molar-refractivity contribution in [2.75, 3.05) is 0 Å². The fourth-order valence-electron chi connectivity index (χ4n) is 0.943. The molecule has 0 aliphatic heterocycles. The summed E-state index contributed by atoms with van der Waals surface area (Å²) < 4.78 is 0. The number of hydrogen-bond acceptors (Lipinski definition) is 6. The molecule has 2 rings (SSSR count).